The molecule has 54 valence electrons. The van der Waals surface area contributed by atoms with Crippen molar-refractivity contribution in [2.75, 3.05) is 6.54 Å². The Balaban J connectivity index is 2.41. The molecule has 1 heterocycles. The molecule has 0 aliphatic carbocycles. The minimum Gasteiger partial charge on any atom is -0.301 e. The number of halogens is 3. The summed E-state index contributed by atoms with van der Waals surface area (Å²) in [6, 6.07) is 0. The van der Waals surface area contributed by atoms with Crippen molar-refractivity contribution in [1.29, 1.82) is 0 Å². The molecule has 4 heteroatoms. The zero-order chi connectivity index (χ0) is 6.91. The van der Waals surface area contributed by atoms with E-state index >= 15 is 0 Å². The minimum atomic E-state index is -2.54. The van der Waals surface area contributed by atoms with Crippen molar-refractivity contribution in [3.8, 4) is 0 Å². The molecule has 1 saturated heterocycles. The first kappa shape index (κ1) is 7.22. The summed E-state index contributed by atoms with van der Waals surface area (Å²) in [6.07, 6.45) is -0.329. The molecule has 0 saturated carbocycles. The standard InChI is InChI=1S/C5H8ClF2N/c6-4-3-5(7,8)1-2-9-4/h4,9H,1-3H2. The van der Waals surface area contributed by atoms with E-state index in [-0.39, 0.29) is 12.8 Å². The van der Waals surface area contributed by atoms with Gasteiger partial charge in [0, 0.05) is 19.4 Å². The fraction of sp³-hybridized carbons (Fsp3) is 1.00. The van der Waals surface area contributed by atoms with E-state index in [2.05, 4.69) is 5.32 Å². The van der Waals surface area contributed by atoms with Gasteiger partial charge in [-0.1, -0.05) is 0 Å². The van der Waals surface area contributed by atoms with Gasteiger partial charge in [-0.05, 0) is 0 Å². The smallest absolute Gasteiger partial charge is 0.252 e. The average molecular weight is 156 g/mol. The lowest BCUT2D eigenvalue weighted by Crippen LogP contribution is -2.40. The van der Waals surface area contributed by atoms with E-state index in [1.807, 2.05) is 0 Å². The summed E-state index contributed by atoms with van der Waals surface area (Å²) >= 11 is 5.41. The molecule has 9 heavy (non-hydrogen) atoms. The molecular formula is C5H8ClF2N. The van der Waals surface area contributed by atoms with Crippen molar-refractivity contribution >= 4 is 11.6 Å². The van der Waals surface area contributed by atoms with Crippen LogP contribution in [0, 0.1) is 0 Å². The van der Waals surface area contributed by atoms with Crippen LogP contribution >= 0.6 is 11.6 Å². The zero-order valence-corrected chi connectivity index (χ0v) is 5.59. The number of rotatable bonds is 0. The molecule has 0 radical (unpaired) electrons. The normalized spacial score (nSPS) is 34.3. The lowest BCUT2D eigenvalue weighted by Gasteiger charge is -2.25. The lowest BCUT2D eigenvalue weighted by molar-refractivity contribution is -0.0320. The molecule has 0 aromatic heterocycles. The average Bonchev–Trinajstić information content (AvgIpc) is 1.60. The van der Waals surface area contributed by atoms with E-state index < -0.39 is 11.4 Å². The second-order valence-corrected chi connectivity index (χ2v) is 2.76. The monoisotopic (exact) mass is 155 g/mol. The molecule has 0 bridgehead atoms. The van der Waals surface area contributed by atoms with Crippen molar-refractivity contribution < 1.29 is 8.78 Å². The van der Waals surface area contributed by atoms with Gasteiger partial charge in [0.15, 0.2) is 0 Å². The maximum absolute atomic E-state index is 12.3. The van der Waals surface area contributed by atoms with Crippen LogP contribution in [0.4, 0.5) is 8.78 Å². The van der Waals surface area contributed by atoms with E-state index in [1.165, 1.54) is 0 Å². The molecule has 0 amide bonds. The number of hydrogen-bond donors (Lipinski definition) is 1. The van der Waals surface area contributed by atoms with Gasteiger partial charge >= 0.3 is 0 Å². The van der Waals surface area contributed by atoms with Crippen LogP contribution in [0.25, 0.3) is 0 Å². The molecule has 1 aliphatic heterocycles. The van der Waals surface area contributed by atoms with Gasteiger partial charge in [-0.2, -0.15) is 0 Å². The van der Waals surface area contributed by atoms with Gasteiger partial charge in [-0.15, -0.1) is 11.6 Å². The molecule has 0 aromatic carbocycles. The van der Waals surface area contributed by atoms with Crippen molar-refractivity contribution in [1.82, 2.24) is 5.32 Å². The summed E-state index contributed by atoms with van der Waals surface area (Å²) < 4.78 is 24.7. The lowest BCUT2D eigenvalue weighted by atomic mass is 10.1. The quantitative estimate of drug-likeness (QED) is 0.414. The Bertz CT molecular complexity index is 107. The van der Waals surface area contributed by atoms with Gasteiger partial charge < -0.3 is 5.32 Å². The third kappa shape index (κ3) is 2.06. The highest BCUT2D eigenvalue weighted by Crippen LogP contribution is 2.28. The third-order valence-electron chi connectivity index (χ3n) is 1.33. The minimum absolute atomic E-state index is 0.0871. The molecule has 1 nitrogen and oxygen atoms in total. The maximum atomic E-state index is 12.3. The SMILES string of the molecule is FC1(F)CCNC(Cl)C1. The predicted octanol–water partition coefficient (Wildman–Crippen LogP) is 1.57. The maximum Gasteiger partial charge on any atom is 0.252 e. The molecule has 0 aromatic rings. The second kappa shape index (κ2) is 2.39. The first-order valence-corrected chi connectivity index (χ1v) is 3.29. The highest BCUT2D eigenvalue weighted by atomic mass is 35.5. The van der Waals surface area contributed by atoms with Crippen LogP contribution in [0.2, 0.25) is 0 Å². The van der Waals surface area contributed by atoms with Crippen LogP contribution in [0.15, 0.2) is 0 Å². The number of nitrogens with one attached hydrogen (secondary N) is 1. The second-order valence-electron chi connectivity index (χ2n) is 2.23. The Kier molecular flexibility index (Phi) is 1.91. The van der Waals surface area contributed by atoms with Gasteiger partial charge in [0.25, 0.3) is 5.92 Å². The first-order valence-electron chi connectivity index (χ1n) is 2.85. The molecule has 1 aliphatic rings. The predicted molar refractivity (Wildman–Crippen MR) is 31.8 cm³/mol. The molecule has 1 atom stereocenters. The van der Waals surface area contributed by atoms with Crippen LogP contribution < -0.4 is 5.32 Å². The van der Waals surface area contributed by atoms with Crippen LogP contribution in [-0.4, -0.2) is 18.0 Å². The Hall–Kier alpha value is 0.110. The molecular weight excluding hydrogens is 148 g/mol. The number of piperidine rings is 1. The Morgan fingerprint density at radius 3 is 2.56 bits per heavy atom. The Morgan fingerprint density at radius 1 is 1.56 bits per heavy atom. The zero-order valence-electron chi connectivity index (χ0n) is 4.83. The Morgan fingerprint density at radius 2 is 2.22 bits per heavy atom. The molecule has 1 rings (SSSR count). The van der Waals surface area contributed by atoms with E-state index in [4.69, 9.17) is 11.6 Å². The topological polar surface area (TPSA) is 12.0 Å². The summed E-state index contributed by atoms with van der Waals surface area (Å²) in [4.78, 5) is 0. The Labute approximate surface area is 57.4 Å². The van der Waals surface area contributed by atoms with Gasteiger partial charge in [0.05, 0.1) is 5.50 Å². The van der Waals surface area contributed by atoms with E-state index in [9.17, 15) is 8.78 Å². The van der Waals surface area contributed by atoms with Crippen molar-refractivity contribution in [2.24, 2.45) is 0 Å². The summed E-state index contributed by atoms with van der Waals surface area (Å²) in [7, 11) is 0. The van der Waals surface area contributed by atoms with E-state index in [0.29, 0.717) is 6.54 Å². The van der Waals surface area contributed by atoms with E-state index in [1.54, 1.807) is 0 Å². The van der Waals surface area contributed by atoms with Crippen LogP contribution in [-0.2, 0) is 0 Å². The largest absolute Gasteiger partial charge is 0.301 e. The van der Waals surface area contributed by atoms with Gasteiger partial charge in [0.2, 0.25) is 0 Å². The number of alkyl halides is 3. The summed E-state index contributed by atoms with van der Waals surface area (Å²) in [5.74, 6) is -2.54. The van der Waals surface area contributed by atoms with Crippen molar-refractivity contribution in [3.05, 3.63) is 0 Å². The third-order valence-corrected chi connectivity index (χ3v) is 1.64. The summed E-state index contributed by atoms with van der Waals surface area (Å²) in [5, 5.41) is 2.72. The van der Waals surface area contributed by atoms with Crippen LogP contribution in [0.3, 0.4) is 0 Å². The summed E-state index contributed by atoms with van der Waals surface area (Å²) in [5.41, 5.74) is -0.547. The molecule has 1 fully saturated rings. The molecule has 1 N–H and O–H groups in total. The van der Waals surface area contributed by atoms with Crippen molar-refractivity contribution in [3.63, 3.8) is 0 Å². The van der Waals surface area contributed by atoms with Gasteiger partial charge in [-0.3, -0.25) is 0 Å². The van der Waals surface area contributed by atoms with Crippen molar-refractivity contribution in [2.45, 2.75) is 24.3 Å². The fourth-order valence-electron chi connectivity index (χ4n) is 0.848. The van der Waals surface area contributed by atoms with E-state index in [0.717, 1.165) is 0 Å². The van der Waals surface area contributed by atoms with Gasteiger partial charge in [0.1, 0.15) is 0 Å². The number of hydrogen-bond acceptors (Lipinski definition) is 1. The highest BCUT2D eigenvalue weighted by Gasteiger charge is 2.34. The molecule has 0 spiro atoms. The fourth-order valence-corrected chi connectivity index (χ4v) is 1.18. The highest BCUT2D eigenvalue weighted by molar-refractivity contribution is 6.20. The van der Waals surface area contributed by atoms with Gasteiger partial charge in [-0.25, -0.2) is 8.78 Å². The summed E-state index contributed by atoms with van der Waals surface area (Å²) in [6.45, 7) is 0.321. The van der Waals surface area contributed by atoms with Crippen LogP contribution in [0.5, 0.6) is 0 Å². The molecule has 1 unspecified atom stereocenters. The first-order chi connectivity index (χ1) is 4.10. The van der Waals surface area contributed by atoms with Crippen LogP contribution in [0.1, 0.15) is 12.8 Å².